The first-order valence-electron chi connectivity index (χ1n) is 6.31. The molecule has 0 atom stereocenters. The van der Waals surface area contributed by atoms with Gasteiger partial charge in [-0.2, -0.15) is 0 Å². The number of rotatable bonds is 7. The molecule has 1 fully saturated rings. The normalized spacial score (nSPS) is 16.7. The molecule has 0 radical (unpaired) electrons. The Morgan fingerprint density at radius 1 is 1.44 bits per heavy atom. The lowest BCUT2D eigenvalue weighted by molar-refractivity contribution is -0.137. The van der Waals surface area contributed by atoms with Crippen molar-refractivity contribution in [1.29, 1.82) is 0 Å². The monoisotopic (exact) mass is 225 g/mol. The number of hydrogen-bond donors (Lipinski definition) is 0. The molecule has 0 amide bonds. The van der Waals surface area contributed by atoms with Gasteiger partial charge in [-0.05, 0) is 32.2 Å². The molecule has 0 aliphatic heterocycles. The van der Waals surface area contributed by atoms with E-state index < -0.39 is 0 Å². The molecule has 16 heavy (non-hydrogen) atoms. The first-order valence-corrected chi connectivity index (χ1v) is 6.31. The molecule has 0 N–H and O–H groups in total. The maximum absolute atomic E-state index is 11.1. The van der Waals surface area contributed by atoms with Crippen LogP contribution in [-0.2, 0) is 9.53 Å². The summed E-state index contributed by atoms with van der Waals surface area (Å²) in [6.07, 6.45) is 7.57. The van der Waals surface area contributed by atoms with Gasteiger partial charge in [0.1, 0.15) is 0 Å². The smallest absolute Gasteiger partial charge is 0.330 e. The third kappa shape index (κ3) is 4.79. The standard InChI is InChI=1S/C13H23NO2/c1-3-14(11-12-7-5-8-12)10-6-9-13(15)16-4-2/h6,9,12H,3-5,7-8,10-11H2,1-2H3/b9-6+. The Labute approximate surface area is 98.5 Å². The first-order chi connectivity index (χ1) is 7.76. The van der Waals surface area contributed by atoms with E-state index in [0.29, 0.717) is 6.61 Å². The van der Waals surface area contributed by atoms with Crippen LogP contribution < -0.4 is 0 Å². The first kappa shape index (κ1) is 13.2. The number of likely N-dealkylation sites (N-methyl/N-ethyl adjacent to an activating group) is 1. The molecular formula is C13H23NO2. The van der Waals surface area contributed by atoms with Crippen LogP contribution in [0.4, 0.5) is 0 Å². The molecule has 0 aromatic rings. The van der Waals surface area contributed by atoms with Gasteiger partial charge in [-0.15, -0.1) is 0 Å². The molecule has 1 rings (SSSR count). The molecule has 0 bridgehead atoms. The summed E-state index contributed by atoms with van der Waals surface area (Å²) in [6, 6.07) is 0. The van der Waals surface area contributed by atoms with Gasteiger partial charge < -0.3 is 4.74 Å². The van der Waals surface area contributed by atoms with Gasteiger partial charge in [-0.1, -0.05) is 19.4 Å². The van der Waals surface area contributed by atoms with Crippen LogP contribution >= 0.6 is 0 Å². The Balaban J connectivity index is 2.18. The summed E-state index contributed by atoms with van der Waals surface area (Å²) in [7, 11) is 0. The molecule has 0 heterocycles. The zero-order valence-corrected chi connectivity index (χ0v) is 10.4. The highest BCUT2D eigenvalue weighted by atomic mass is 16.5. The zero-order chi connectivity index (χ0) is 11.8. The van der Waals surface area contributed by atoms with Gasteiger partial charge in [0.2, 0.25) is 0 Å². The maximum Gasteiger partial charge on any atom is 0.330 e. The van der Waals surface area contributed by atoms with Crippen molar-refractivity contribution in [2.75, 3.05) is 26.2 Å². The van der Waals surface area contributed by atoms with Crippen LogP contribution in [0.2, 0.25) is 0 Å². The van der Waals surface area contributed by atoms with Crippen molar-refractivity contribution in [3.63, 3.8) is 0 Å². The molecular weight excluding hydrogens is 202 g/mol. The third-order valence-electron chi connectivity index (χ3n) is 3.09. The highest BCUT2D eigenvalue weighted by molar-refractivity contribution is 5.81. The van der Waals surface area contributed by atoms with E-state index in [9.17, 15) is 4.79 Å². The second-order valence-electron chi connectivity index (χ2n) is 4.30. The van der Waals surface area contributed by atoms with Crippen molar-refractivity contribution in [2.24, 2.45) is 5.92 Å². The van der Waals surface area contributed by atoms with Gasteiger partial charge in [0.05, 0.1) is 6.61 Å². The quantitative estimate of drug-likeness (QED) is 0.491. The minimum atomic E-state index is -0.234. The summed E-state index contributed by atoms with van der Waals surface area (Å²) >= 11 is 0. The maximum atomic E-state index is 11.1. The van der Waals surface area contributed by atoms with E-state index in [-0.39, 0.29) is 5.97 Å². The Hall–Kier alpha value is -0.830. The fourth-order valence-electron chi connectivity index (χ4n) is 1.86. The van der Waals surface area contributed by atoms with Crippen LogP contribution in [0.5, 0.6) is 0 Å². The van der Waals surface area contributed by atoms with Gasteiger partial charge in [-0.3, -0.25) is 4.90 Å². The van der Waals surface area contributed by atoms with Gasteiger partial charge in [0.25, 0.3) is 0 Å². The van der Waals surface area contributed by atoms with Crippen LogP contribution in [0, 0.1) is 5.92 Å². The number of ether oxygens (including phenoxy) is 1. The Kier molecular flexibility index (Phi) is 6.16. The van der Waals surface area contributed by atoms with Gasteiger partial charge in [-0.25, -0.2) is 4.79 Å². The average Bonchev–Trinajstić information content (AvgIpc) is 2.21. The molecule has 3 heteroatoms. The van der Waals surface area contributed by atoms with Gasteiger partial charge >= 0.3 is 5.97 Å². The number of hydrogen-bond acceptors (Lipinski definition) is 3. The summed E-state index contributed by atoms with van der Waals surface area (Å²) in [5.41, 5.74) is 0. The minimum absolute atomic E-state index is 0.234. The Morgan fingerprint density at radius 3 is 2.69 bits per heavy atom. The van der Waals surface area contributed by atoms with Gasteiger partial charge in [0.15, 0.2) is 0 Å². The highest BCUT2D eigenvalue weighted by Crippen LogP contribution is 2.26. The minimum Gasteiger partial charge on any atom is -0.463 e. The molecule has 0 aromatic heterocycles. The fraction of sp³-hybridized carbons (Fsp3) is 0.769. The summed E-state index contributed by atoms with van der Waals surface area (Å²) in [5, 5.41) is 0. The zero-order valence-electron chi connectivity index (χ0n) is 10.4. The lowest BCUT2D eigenvalue weighted by atomic mass is 9.85. The predicted molar refractivity (Wildman–Crippen MR) is 65.2 cm³/mol. The molecule has 1 saturated carbocycles. The number of carbonyl (C=O) groups excluding carboxylic acids is 1. The lowest BCUT2D eigenvalue weighted by Crippen LogP contribution is -2.32. The van der Waals surface area contributed by atoms with E-state index in [1.54, 1.807) is 0 Å². The Morgan fingerprint density at radius 2 is 2.19 bits per heavy atom. The van der Waals surface area contributed by atoms with E-state index in [4.69, 9.17) is 4.74 Å². The van der Waals surface area contributed by atoms with Crippen molar-refractivity contribution >= 4 is 5.97 Å². The van der Waals surface area contributed by atoms with Crippen molar-refractivity contribution < 1.29 is 9.53 Å². The van der Waals surface area contributed by atoms with Crippen LogP contribution in [-0.4, -0.2) is 37.1 Å². The predicted octanol–water partition coefficient (Wildman–Crippen LogP) is 2.23. The largest absolute Gasteiger partial charge is 0.463 e. The summed E-state index contributed by atoms with van der Waals surface area (Å²) in [4.78, 5) is 13.4. The van der Waals surface area contributed by atoms with E-state index in [1.165, 1.54) is 31.9 Å². The SMILES string of the molecule is CCOC(=O)/C=C/CN(CC)CC1CCC1. The van der Waals surface area contributed by atoms with E-state index in [2.05, 4.69) is 11.8 Å². The molecule has 3 nitrogen and oxygen atoms in total. The summed E-state index contributed by atoms with van der Waals surface area (Å²) < 4.78 is 4.83. The second kappa shape index (κ2) is 7.44. The van der Waals surface area contributed by atoms with Crippen LogP contribution in [0.25, 0.3) is 0 Å². The van der Waals surface area contributed by atoms with Crippen molar-refractivity contribution in [3.8, 4) is 0 Å². The molecule has 0 spiro atoms. The van der Waals surface area contributed by atoms with E-state index >= 15 is 0 Å². The number of carbonyl (C=O) groups is 1. The van der Waals surface area contributed by atoms with E-state index in [1.807, 2.05) is 13.0 Å². The van der Waals surface area contributed by atoms with Crippen LogP contribution in [0.3, 0.4) is 0 Å². The molecule has 1 aliphatic carbocycles. The lowest BCUT2D eigenvalue weighted by Gasteiger charge is -2.31. The third-order valence-corrected chi connectivity index (χ3v) is 3.09. The molecule has 0 unspecified atom stereocenters. The van der Waals surface area contributed by atoms with E-state index in [0.717, 1.165) is 19.0 Å². The van der Waals surface area contributed by atoms with Gasteiger partial charge in [0, 0.05) is 19.2 Å². The Bertz CT molecular complexity index is 234. The molecule has 0 aromatic carbocycles. The molecule has 0 saturated heterocycles. The fourth-order valence-corrected chi connectivity index (χ4v) is 1.86. The summed E-state index contributed by atoms with van der Waals surface area (Å²) in [5.74, 6) is 0.651. The van der Waals surface area contributed by atoms with Crippen molar-refractivity contribution in [3.05, 3.63) is 12.2 Å². The molecule has 92 valence electrons. The van der Waals surface area contributed by atoms with Crippen LogP contribution in [0.1, 0.15) is 33.1 Å². The number of esters is 1. The van der Waals surface area contributed by atoms with Crippen molar-refractivity contribution in [1.82, 2.24) is 4.90 Å². The average molecular weight is 225 g/mol. The molecule has 1 aliphatic rings. The second-order valence-corrected chi connectivity index (χ2v) is 4.30. The highest BCUT2D eigenvalue weighted by Gasteiger charge is 2.19. The summed E-state index contributed by atoms with van der Waals surface area (Å²) in [6.45, 7) is 7.50. The van der Waals surface area contributed by atoms with Crippen LogP contribution in [0.15, 0.2) is 12.2 Å². The van der Waals surface area contributed by atoms with Crippen molar-refractivity contribution in [2.45, 2.75) is 33.1 Å². The number of nitrogens with zero attached hydrogens (tertiary/aromatic N) is 1. The topological polar surface area (TPSA) is 29.5 Å².